The van der Waals surface area contributed by atoms with Crippen LogP contribution in [0.15, 0.2) is 18.5 Å². The average molecular weight is 335 g/mol. The highest BCUT2D eigenvalue weighted by Gasteiger charge is 2.18. The number of carbonyl (C=O) groups excluding carboxylic acids is 1. The molecule has 0 saturated heterocycles. The number of halogens is 1. The molecule has 2 rings (SSSR count). The minimum Gasteiger partial charge on any atom is -0.298 e. The third-order valence-corrected chi connectivity index (χ3v) is 4.92. The van der Waals surface area contributed by atoms with Gasteiger partial charge in [-0.05, 0) is 11.5 Å². The molecule has 3 nitrogen and oxygen atoms in total. The minimum atomic E-state index is 0.0691. The van der Waals surface area contributed by atoms with Crippen LogP contribution in [-0.4, -0.2) is 15.6 Å². The summed E-state index contributed by atoms with van der Waals surface area (Å²) in [6.07, 6.45) is 3.97. The van der Waals surface area contributed by atoms with E-state index in [1.165, 1.54) is 4.88 Å². The zero-order chi connectivity index (χ0) is 16.3. The van der Waals surface area contributed by atoms with Crippen molar-refractivity contribution in [2.45, 2.75) is 46.1 Å². The van der Waals surface area contributed by atoms with Crippen molar-refractivity contribution in [3.63, 3.8) is 0 Å². The largest absolute Gasteiger partial charge is 0.298 e. The number of thiophene rings is 1. The van der Waals surface area contributed by atoms with Crippen LogP contribution in [0.25, 0.3) is 0 Å². The van der Waals surface area contributed by atoms with E-state index in [0.29, 0.717) is 17.3 Å². The van der Waals surface area contributed by atoms with E-state index in [0.717, 1.165) is 11.1 Å². The number of hydrogen-bond acceptors (Lipinski definition) is 3. The molecule has 0 amide bonds. The zero-order valence-corrected chi connectivity index (χ0v) is 14.8. The van der Waals surface area contributed by atoms with Crippen LogP contribution in [0.2, 0.25) is 4.34 Å². The number of aromatic nitrogens is 2. The summed E-state index contributed by atoms with van der Waals surface area (Å²) in [5.74, 6) is 6.30. The van der Waals surface area contributed by atoms with Gasteiger partial charge in [0.15, 0.2) is 5.78 Å². The highest BCUT2D eigenvalue weighted by Crippen LogP contribution is 2.35. The molecule has 0 aliphatic heterocycles. The third kappa shape index (κ3) is 4.22. The molecule has 0 bridgehead atoms. The van der Waals surface area contributed by atoms with Gasteiger partial charge in [-0.1, -0.05) is 51.1 Å². The van der Waals surface area contributed by atoms with Gasteiger partial charge in [0.2, 0.25) is 0 Å². The molecular formula is C17H19ClN2OS. The number of ketones is 1. The Hall–Kier alpha value is -1.57. The van der Waals surface area contributed by atoms with Gasteiger partial charge in [-0.3, -0.25) is 9.48 Å². The van der Waals surface area contributed by atoms with Crippen molar-refractivity contribution in [3.05, 3.63) is 38.8 Å². The molecule has 0 unspecified atom stereocenters. The Balaban J connectivity index is 2.17. The summed E-state index contributed by atoms with van der Waals surface area (Å²) < 4.78 is 2.33. The lowest BCUT2D eigenvalue weighted by molar-refractivity contribution is -0.119. The highest BCUT2D eigenvalue weighted by atomic mass is 35.5. The molecule has 0 N–H and O–H groups in total. The minimum absolute atomic E-state index is 0.0691. The fourth-order valence-corrected chi connectivity index (χ4v) is 3.02. The van der Waals surface area contributed by atoms with Crippen molar-refractivity contribution in [3.8, 4) is 11.8 Å². The lowest BCUT2D eigenvalue weighted by Gasteiger charge is -2.14. The standard InChI is InChI=1S/C17H19ClN2OS/c1-5-14(21)11-20-10-12(9-19-20)6-7-13-8-15(17(2,3)4)22-16(13)18/h8-10H,5,11H2,1-4H3. The topological polar surface area (TPSA) is 34.9 Å². The molecule has 0 aliphatic carbocycles. The molecule has 116 valence electrons. The van der Waals surface area contributed by atoms with Gasteiger partial charge in [0.25, 0.3) is 0 Å². The normalized spacial score (nSPS) is 11.1. The molecule has 0 fully saturated rings. The van der Waals surface area contributed by atoms with E-state index in [-0.39, 0.29) is 11.2 Å². The van der Waals surface area contributed by atoms with E-state index in [2.05, 4.69) is 37.7 Å². The van der Waals surface area contributed by atoms with Gasteiger partial charge < -0.3 is 0 Å². The van der Waals surface area contributed by atoms with E-state index in [1.54, 1.807) is 28.4 Å². The van der Waals surface area contributed by atoms with Crippen LogP contribution in [0, 0.1) is 11.8 Å². The Morgan fingerprint density at radius 3 is 2.73 bits per heavy atom. The van der Waals surface area contributed by atoms with Crippen molar-refractivity contribution < 1.29 is 4.79 Å². The van der Waals surface area contributed by atoms with Crippen molar-refractivity contribution in [2.75, 3.05) is 0 Å². The predicted octanol–water partition coefficient (Wildman–Crippen LogP) is 4.27. The maximum absolute atomic E-state index is 11.4. The molecule has 2 heterocycles. The summed E-state index contributed by atoms with van der Waals surface area (Å²) in [5, 5.41) is 4.15. The molecular weight excluding hydrogens is 316 g/mol. The first-order valence-corrected chi connectivity index (χ1v) is 8.35. The molecule has 2 aromatic heterocycles. The Labute approximate surface area is 140 Å². The molecule has 0 spiro atoms. The molecule has 0 radical (unpaired) electrons. The van der Waals surface area contributed by atoms with E-state index in [4.69, 9.17) is 11.6 Å². The van der Waals surface area contributed by atoms with E-state index >= 15 is 0 Å². The second-order valence-electron chi connectivity index (χ2n) is 6.12. The second-order valence-corrected chi connectivity index (χ2v) is 7.77. The van der Waals surface area contributed by atoms with Gasteiger partial charge in [-0.15, -0.1) is 11.3 Å². The number of Topliss-reactive ketones (excluding diaryl/α,β-unsaturated/α-hetero) is 1. The third-order valence-electron chi connectivity index (χ3n) is 3.13. The molecule has 0 atom stereocenters. The SMILES string of the molecule is CCC(=O)Cn1cc(C#Cc2cc(C(C)(C)C)sc2Cl)cn1. The van der Waals surface area contributed by atoms with Gasteiger partial charge in [-0.25, -0.2) is 0 Å². The van der Waals surface area contributed by atoms with Crippen LogP contribution < -0.4 is 0 Å². The Morgan fingerprint density at radius 1 is 1.41 bits per heavy atom. The van der Waals surface area contributed by atoms with Gasteiger partial charge >= 0.3 is 0 Å². The monoisotopic (exact) mass is 334 g/mol. The predicted molar refractivity (Wildman–Crippen MR) is 91.5 cm³/mol. The van der Waals surface area contributed by atoms with Gasteiger partial charge in [0.1, 0.15) is 4.34 Å². The van der Waals surface area contributed by atoms with Crippen LogP contribution in [0.5, 0.6) is 0 Å². The molecule has 22 heavy (non-hydrogen) atoms. The lowest BCUT2D eigenvalue weighted by Crippen LogP contribution is -2.08. The van der Waals surface area contributed by atoms with Crippen LogP contribution in [0.1, 0.15) is 50.1 Å². The Bertz CT molecular complexity index is 741. The first-order valence-electron chi connectivity index (χ1n) is 7.15. The van der Waals surface area contributed by atoms with E-state index in [9.17, 15) is 4.79 Å². The van der Waals surface area contributed by atoms with E-state index in [1.807, 2.05) is 13.0 Å². The lowest BCUT2D eigenvalue weighted by atomic mass is 9.94. The molecule has 0 aliphatic rings. The molecule has 0 aromatic carbocycles. The first-order chi connectivity index (χ1) is 10.3. The summed E-state index contributed by atoms with van der Waals surface area (Å²) in [6, 6.07) is 2.05. The first kappa shape index (κ1) is 16.8. The number of nitrogens with zero attached hydrogens (tertiary/aromatic N) is 2. The second kappa shape index (κ2) is 6.68. The zero-order valence-electron chi connectivity index (χ0n) is 13.2. The summed E-state index contributed by atoms with van der Waals surface area (Å²) in [6.45, 7) is 8.60. The Kier molecular flexibility index (Phi) is 5.10. The number of rotatable bonds is 3. The van der Waals surface area contributed by atoms with E-state index < -0.39 is 0 Å². The maximum atomic E-state index is 11.4. The fraction of sp³-hybridized carbons (Fsp3) is 0.412. The Morgan fingerprint density at radius 2 is 2.14 bits per heavy atom. The van der Waals surface area contributed by atoms with Gasteiger partial charge in [-0.2, -0.15) is 5.10 Å². The summed E-state index contributed by atoms with van der Waals surface area (Å²) >= 11 is 7.83. The van der Waals surface area contributed by atoms with Gasteiger partial charge in [0, 0.05) is 17.5 Å². The molecule has 0 saturated carbocycles. The van der Waals surface area contributed by atoms with Gasteiger partial charge in [0.05, 0.1) is 23.9 Å². The number of hydrogen-bond donors (Lipinski definition) is 0. The molecule has 2 aromatic rings. The smallest absolute Gasteiger partial charge is 0.154 e. The molecule has 5 heteroatoms. The van der Waals surface area contributed by atoms with Crippen LogP contribution >= 0.6 is 22.9 Å². The summed E-state index contributed by atoms with van der Waals surface area (Å²) in [5.41, 5.74) is 1.69. The van der Waals surface area contributed by atoms with Crippen LogP contribution in [0.4, 0.5) is 0 Å². The van der Waals surface area contributed by atoms with Crippen molar-refractivity contribution in [1.82, 2.24) is 9.78 Å². The van der Waals surface area contributed by atoms with Crippen LogP contribution in [0.3, 0.4) is 0 Å². The van der Waals surface area contributed by atoms with Crippen molar-refractivity contribution in [2.24, 2.45) is 0 Å². The van der Waals surface area contributed by atoms with Crippen molar-refractivity contribution >= 4 is 28.7 Å². The quantitative estimate of drug-likeness (QED) is 0.785. The number of carbonyl (C=O) groups is 1. The highest BCUT2D eigenvalue weighted by molar-refractivity contribution is 7.16. The van der Waals surface area contributed by atoms with Crippen molar-refractivity contribution in [1.29, 1.82) is 0 Å². The summed E-state index contributed by atoms with van der Waals surface area (Å²) in [4.78, 5) is 12.6. The fourth-order valence-electron chi connectivity index (χ4n) is 1.77. The maximum Gasteiger partial charge on any atom is 0.154 e. The van der Waals surface area contributed by atoms with Crippen LogP contribution in [-0.2, 0) is 16.8 Å². The average Bonchev–Trinajstić information content (AvgIpc) is 3.02. The summed E-state index contributed by atoms with van der Waals surface area (Å²) in [7, 11) is 0.